The van der Waals surface area contributed by atoms with E-state index in [0.717, 1.165) is 11.3 Å². The third kappa shape index (κ3) is 3.87. The second kappa shape index (κ2) is 6.47. The summed E-state index contributed by atoms with van der Waals surface area (Å²) >= 11 is 5.86. The van der Waals surface area contributed by atoms with E-state index in [1.165, 1.54) is 5.56 Å². The van der Waals surface area contributed by atoms with Gasteiger partial charge in [0, 0.05) is 17.4 Å². The van der Waals surface area contributed by atoms with Crippen LogP contribution in [0.1, 0.15) is 11.1 Å². The Bertz CT molecular complexity index is 674. The number of halogens is 1. The van der Waals surface area contributed by atoms with E-state index in [2.05, 4.69) is 15.5 Å². The summed E-state index contributed by atoms with van der Waals surface area (Å²) in [6.07, 6.45) is 0. The van der Waals surface area contributed by atoms with Gasteiger partial charge in [-0.25, -0.2) is 4.79 Å². The van der Waals surface area contributed by atoms with Gasteiger partial charge in [-0.1, -0.05) is 17.7 Å². The monoisotopic (exact) mass is 305 g/mol. The zero-order valence-electron chi connectivity index (χ0n) is 11.7. The molecule has 0 spiro atoms. The van der Waals surface area contributed by atoms with Gasteiger partial charge in [0.15, 0.2) is 5.75 Å². The number of nitrogens with one attached hydrogen (secondary N) is 2. The first-order chi connectivity index (χ1) is 9.99. The van der Waals surface area contributed by atoms with Crippen LogP contribution in [-0.4, -0.2) is 6.03 Å². The molecule has 0 fully saturated rings. The molecule has 21 heavy (non-hydrogen) atoms. The molecular weight excluding hydrogens is 290 g/mol. The fraction of sp³-hybridized carbons (Fsp3) is 0.133. The number of benzene rings is 2. The number of aryl methyl sites for hydroxylation is 2. The summed E-state index contributed by atoms with van der Waals surface area (Å²) in [7, 11) is 0. The molecule has 0 aliphatic heterocycles. The molecule has 5 nitrogen and oxygen atoms in total. The lowest BCUT2D eigenvalue weighted by Crippen LogP contribution is -2.19. The van der Waals surface area contributed by atoms with Gasteiger partial charge in [0.05, 0.1) is 5.02 Å². The maximum atomic E-state index is 11.9. The molecule has 0 heterocycles. The molecular formula is C15H16ClN3O2. The van der Waals surface area contributed by atoms with Gasteiger partial charge < -0.3 is 15.5 Å². The maximum absolute atomic E-state index is 11.9. The molecule has 2 aromatic rings. The zero-order valence-corrected chi connectivity index (χ0v) is 12.5. The first kappa shape index (κ1) is 15.2. The Balaban J connectivity index is 2.06. The van der Waals surface area contributed by atoms with Crippen molar-refractivity contribution in [2.45, 2.75) is 13.8 Å². The van der Waals surface area contributed by atoms with E-state index in [4.69, 9.17) is 17.5 Å². The minimum Gasteiger partial charge on any atom is -0.410 e. The van der Waals surface area contributed by atoms with Crippen molar-refractivity contribution in [2.24, 2.45) is 5.90 Å². The highest BCUT2D eigenvalue weighted by atomic mass is 35.5. The summed E-state index contributed by atoms with van der Waals surface area (Å²) in [4.78, 5) is 16.5. The Hall–Kier alpha value is -2.24. The number of carbonyl (C=O) groups excluding carboxylic acids is 1. The van der Waals surface area contributed by atoms with Crippen LogP contribution in [0.2, 0.25) is 5.02 Å². The van der Waals surface area contributed by atoms with Crippen LogP contribution >= 0.6 is 11.6 Å². The van der Waals surface area contributed by atoms with Crippen molar-refractivity contribution in [1.29, 1.82) is 0 Å². The van der Waals surface area contributed by atoms with Crippen molar-refractivity contribution < 1.29 is 9.63 Å². The maximum Gasteiger partial charge on any atom is 0.323 e. The lowest BCUT2D eigenvalue weighted by Gasteiger charge is -2.10. The summed E-state index contributed by atoms with van der Waals surface area (Å²) in [6, 6.07) is 10.1. The third-order valence-corrected chi connectivity index (χ3v) is 3.39. The number of hydrogen-bond acceptors (Lipinski definition) is 3. The molecule has 4 N–H and O–H groups in total. The molecule has 0 atom stereocenters. The summed E-state index contributed by atoms with van der Waals surface area (Å²) in [6.45, 7) is 4.00. The Labute approximate surface area is 128 Å². The fourth-order valence-corrected chi connectivity index (χ4v) is 1.95. The number of carbonyl (C=O) groups is 1. The molecule has 0 saturated carbocycles. The van der Waals surface area contributed by atoms with Crippen LogP contribution in [0.3, 0.4) is 0 Å². The predicted molar refractivity (Wildman–Crippen MR) is 84.8 cm³/mol. The van der Waals surface area contributed by atoms with E-state index in [1.54, 1.807) is 18.2 Å². The molecule has 0 saturated heterocycles. The third-order valence-electron chi connectivity index (χ3n) is 3.08. The van der Waals surface area contributed by atoms with E-state index in [1.807, 2.05) is 32.0 Å². The van der Waals surface area contributed by atoms with Gasteiger partial charge in [-0.15, -0.1) is 0 Å². The van der Waals surface area contributed by atoms with Gasteiger partial charge >= 0.3 is 6.03 Å². The molecule has 0 bridgehead atoms. The van der Waals surface area contributed by atoms with Gasteiger partial charge in [0.2, 0.25) is 0 Å². The molecule has 0 radical (unpaired) electrons. The highest BCUT2D eigenvalue weighted by Gasteiger charge is 2.07. The van der Waals surface area contributed by atoms with Crippen LogP contribution < -0.4 is 21.4 Å². The van der Waals surface area contributed by atoms with Crippen LogP contribution in [0, 0.1) is 13.8 Å². The molecule has 110 valence electrons. The summed E-state index contributed by atoms with van der Waals surface area (Å²) < 4.78 is 0. The second-order valence-electron chi connectivity index (χ2n) is 4.64. The number of anilines is 2. The molecule has 0 aliphatic carbocycles. The minimum absolute atomic E-state index is 0.292. The van der Waals surface area contributed by atoms with Crippen LogP contribution in [0.5, 0.6) is 5.75 Å². The number of urea groups is 1. The first-order valence-corrected chi connectivity index (χ1v) is 6.69. The second-order valence-corrected chi connectivity index (χ2v) is 5.05. The van der Waals surface area contributed by atoms with Gasteiger partial charge in [-0.2, -0.15) is 5.90 Å². The van der Waals surface area contributed by atoms with Crippen LogP contribution in [-0.2, 0) is 0 Å². The van der Waals surface area contributed by atoms with Gasteiger partial charge in [0.1, 0.15) is 0 Å². The lowest BCUT2D eigenvalue weighted by atomic mass is 10.1. The van der Waals surface area contributed by atoms with Crippen molar-refractivity contribution in [2.75, 3.05) is 10.6 Å². The SMILES string of the molecule is Cc1ccc(NC(=O)Nc2ccc(Cl)c(ON)c2)cc1C. The van der Waals surface area contributed by atoms with Crippen LogP contribution in [0.25, 0.3) is 0 Å². The Morgan fingerprint density at radius 3 is 2.29 bits per heavy atom. The zero-order chi connectivity index (χ0) is 15.4. The standard InChI is InChI=1S/C15H16ClN3O2/c1-9-3-4-11(7-10(9)2)18-15(20)19-12-5-6-13(16)14(8-12)21-17/h3-8H,17H2,1-2H3,(H2,18,19,20). The number of amides is 2. The number of hydrogen-bond donors (Lipinski definition) is 3. The summed E-state index contributed by atoms with van der Waals surface area (Å²) in [5.41, 5.74) is 3.53. The van der Waals surface area contributed by atoms with E-state index in [9.17, 15) is 4.79 Å². The van der Waals surface area contributed by atoms with Gasteiger partial charge in [-0.3, -0.25) is 0 Å². The molecule has 2 aromatic carbocycles. The number of rotatable bonds is 3. The average Bonchev–Trinajstić information content (AvgIpc) is 2.45. The van der Waals surface area contributed by atoms with Crippen molar-refractivity contribution >= 4 is 29.0 Å². The van der Waals surface area contributed by atoms with Crippen LogP contribution in [0.4, 0.5) is 16.2 Å². The van der Waals surface area contributed by atoms with Crippen molar-refractivity contribution in [3.8, 4) is 5.75 Å². The smallest absolute Gasteiger partial charge is 0.323 e. The van der Waals surface area contributed by atoms with Crippen molar-refractivity contribution in [1.82, 2.24) is 0 Å². The Kier molecular flexibility index (Phi) is 4.67. The average molecular weight is 306 g/mol. The molecule has 6 heteroatoms. The molecule has 0 aromatic heterocycles. The Morgan fingerprint density at radius 1 is 1.05 bits per heavy atom. The van der Waals surface area contributed by atoms with E-state index >= 15 is 0 Å². The summed E-state index contributed by atoms with van der Waals surface area (Å²) in [5, 5.41) is 5.81. The van der Waals surface area contributed by atoms with E-state index in [-0.39, 0.29) is 6.03 Å². The lowest BCUT2D eigenvalue weighted by molar-refractivity contribution is 0.262. The van der Waals surface area contributed by atoms with E-state index in [0.29, 0.717) is 16.5 Å². The highest BCUT2D eigenvalue weighted by molar-refractivity contribution is 6.32. The quantitative estimate of drug-likeness (QED) is 0.754. The normalized spacial score (nSPS) is 10.1. The molecule has 0 aliphatic rings. The molecule has 2 amide bonds. The predicted octanol–water partition coefficient (Wildman–Crippen LogP) is 3.85. The fourth-order valence-electron chi connectivity index (χ4n) is 1.78. The van der Waals surface area contributed by atoms with Gasteiger partial charge in [-0.05, 0) is 49.2 Å². The number of nitrogens with two attached hydrogens (primary N) is 1. The van der Waals surface area contributed by atoms with Crippen LogP contribution in [0.15, 0.2) is 36.4 Å². The molecule has 2 rings (SSSR count). The first-order valence-electron chi connectivity index (χ1n) is 6.31. The summed E-state index contributed by atoms with van der Waals surface area (Å²) in [5.74, 6) is 5.38. The van der Waals surface area contributed by atoms with E-state index < -0.39 is 0 Å². The highest BCUT2D eigenvalue weighted by Crippen LogP contribution is 2.27. The van der Waals surface area contributed by atoms with Crippen molar-refractivity contribution in [3.05, 3.63) is 52.5 Å². The Morgan fingerprint density at radius 2 is 1.67 bits per heavy atom. The largest absolute Gasteiger partial charge is 0.410 e. The molecule has 0 unspecified atom stereocenters. The topological polar surface area (TPSA) is 76.4 Å². The van der Waals surface area contributed by atoms with Crippen molar-refractivity contribution in [3.63, 3.8) is 0 Å². The minimum atomic E-state index is -0.358. The van der Waals surface area contributed by atoms with Gasteiger partial charge in [0.25, 0.3) is 0 Å².